The van der Waals surface area contributed by atoms with Crippen molar-refractivity contribution in [3.8, 4) is 11.4 Å². The van der Waals surface area contributed by atoms with Gasteiger partial charge in [0.15, 0.2) is 5.56 Å². The van der Waals surface area contributed by atoms with Crippen molar-refractivity contribution in [1.82, 2.24) is 10.1 Å². The number of carbonyl (C=O) groups excluding carboxylic acids is 1. The topological polar surface area (TPSA) is 143 Å². The number of hydrogen-bond acceptors (Lipinski definition) is 6. The van der Waals surface area contributed by atoms with Crippen molar-refractivity contribution in [3.05, 3.63) is 23.9 Å². The van der Waals surface area contributed by atoms with Gasteiger partial charge in [-0.05, 0) is 19.1 Å². The van der Waals surface area contributed by atoms with E-state index >= 15 is 0 Å². The maximum absolute atomic E-state index is 11.4. The number of nitrogens with two attached hydrogens (primary N) is 1. The Hall–Kier alpha value is -3.10. The zero-order valence-corrected chi connectivity index (χ0v) is 11.1. The zero-order valence-electron chi connectivity index (χ0n) is 11.1. The Morgan fingerprint density at radius 3 is 2.86 bits per heavy atom. The highest BCUT2D eigenvalue weighted by molar-refractivity contribution is 5.99. The first-order valence-electron chi connectivity index (χ1n) is 6.02. The average molecular weight is 291 g/mol. The van der Waals surface area contributed by atoms with E-state index in [1.54, 1.807) is 6.92 Å². The van der Waals surface area contributed by atoms with Crippen molar-refractivity contribution in [3.63, 3.8) is 0 Å². The van der Waals surface area contributed by atoms with E-state index in [2.05, 4.69) is 20.8 Å². The molecule has 0 saturated carbocycles. The second-order valence-electron chi connectivity index (χ2n) is 3.99. The Bertz CT molecular complexity index is 682. The highest BCUT2D eigenvalue weighted by atomic mass is 16.5. The van der Waals surface area contributed by atoms with Gasteiger partial charge in [-0.15, -0.1) is 0 Å². The van der Waals surface area contributed by atoms with Gasteiger partial charge in [-0.3, -0.25) is 4.98 Å². The fourth-order valence-electron chi connectivity index (χ4n) is 1.72. The Morgan fingerprint density at radius 2 is 2.24 bits per heavy atom. The summed E-state index contributed by atoms with van der Waals surface area (Å²) in [5.41, 5.74) is 5.58. The maximum Gasteiger partial charge on any atom is 0.343 e. The SMILES string of the molecule is CCNc1onc(-c2cc(NC(N)=O)ccn2)c1C(=O)O. The first kappa shape index (κ1) is 14.3. The summed E-state index contributed by atoms with van der Waals surface area (Å²) in [5.74, 6) is -1.15. The number of carboxylic acid groups (broad SMARTS) is 1. The molecule has 0 aliphatic carbocycles. The lowest BCUT2D eigenvalue weighted by Crippen LogP contribution is -2.19. The van der Waals surface area contributed by atoms with Crippen LogP contribution >= 0.6 is 0 Å². The van der Waals surface area contributed by atoms with Crippen LogP contribution in [0.25, 0.3) is 11.4 Å². The normalized spacial score (nSPS) is 10.1. The van der Waals surface area contributed by atoms with E-state index in [0.29, 0.717) is 12.2 Å². The molecule has 110 valence electrons. The van der Waals surface area contributed by atoms with Gasteiger partial charge >= 0.3 is 12.0 Å². The summed E-state index contributed by atoms with van der Waals surface area (Å²) in [6, 6.07) is 2.23. The molecule has 0 aromatic carbocycles. The van der Waals surface area contributed by atoms with Crippen LogP contribution in [0, 0.1) is 0 Å². The molecule has 9 heteroatoms. The summed E-state index contributed by atoms with van der Waals surface area (Å²) < 4.78 is 4.98. The molecular formula is C12H13N5O4. The molecular weight excluding hydrogens is 278 g/mol. The van der Waals surface area contributed by atoms with Crippen molar-refractivity contribution < 1.29 is 19.2 Å². The number of nitrogens with one attached hydrogen (secondary N) is 2. The van der Waals surface area contributed by atoms with Crippen molar-refractivity contribution in [1.29, 1.82) is 0 Å². The number of aromatic nitrogens is 2. The first-order valence-corrected chi connectivity index (χ1v) is 6.02. The minimum Gasteiger partial charge on any atom is -0.477 e. The summed E-state index contributed by atoms with van der Waals surface area (Å²) in [4.78, 5) is 26.2. The molecule has 21 heavy (non-hydrogen) atoms. The Kier molecular flexibility index (Phi) is 4.02. The van der Waals surface area contributed by atoms with E-state index in [4.69, 9.17) is 10.3 Å². The maximum atomic E-state index is 11.4. The summed E-state index contributed by atoms with van der Waals surface area (Å²) in [6.45, 7) is 2.27. The van der Waals surface area contributed by atoms with Gasteiger partial charge in [0.05, 0.1) is 5.69 Å². The summed E-state index contributed by atoms with van der Waals surface area (Å²) in [6.07, 6.45) is 1.40. The van der Waals surface area contributed by atoms with Crippen molar-refractivity contribution >= 4 is 23.6 Å². The molecule has 0 saturated heterocycles. The molecule has 0 unspecified atom stereocenters. The van der Waals surface area contributed by atoms with Crippen LogP contribution in [0.4, 0.5) is 16.4 Å². The fourth-order valence-corrected chi connectivity index (χ4v) is 1.72. The number of nitrogens with zero attached hydrogens (tertiary/aromatic N) is 2. The lowest BCUT2D eigenvalue weighted by atomic mass is 10.1. The van der Waals surface area contributed by atoms with Crippen LogP contribution in [-0.2, 0) is 0 Å². The zero-order chi connectivity index (χ0) is 15.4. The molecule has 0 atom stereocenters. The van der Waals surface area contributed by atoms with Crippen LogP contribution in [0.15, 0.2) is 22.9 Å². The van der Waals surface area contributed by atoms with E-state index in [-0.39, 0.29) is 22.8 Å². The second-order valence-corrected chi connectivity index (χ2v) is 3.99. The number of pyridine rings is 1. The Labute approximate surface area is 119 Å². The van der Waals surface area contributed by atoms with Crippen LogP contribution in [0.5, 0.6) is 0 Å². The predicted molar refractivity (Wildman–Crippen MR) is 74.1 cm³/mol. The van der Waals surface area contributed by atoms with Gasteiger partial charge < -0.3 is 26.0 Å². The fraction of sp³-hybridized carbons (Fsp3) is 0.167. The van der Waals surface area contributed by atoms with Crippen molar-refractivity contribution in [2.24, 2.45) is 5.73 Å². The van der Waals surface area contributed by atoms with Gasteiger partial charge in [-0.2, -0.15) is 0 Å². The third kappa shape index (κ3) is 3.08. The van der Waals surface area contributed by atoms with Crippen LogP contribution < -0.4 is 16.4 Å². The number of anilines is 2. The third-order valence-corrected chi connectivity index (χ3v) is 2.51. The highest BCUT2D eigenvalue weighted by Crippen LogP contribution is 2.28. The van der Waals surface area contributed by atoms with E-state index in [1.165, 1.54) is 18.3 Å². The largest absolute Gasteiger partial charge is 0.477 e. The van der Waals surface area contributed by atoms with Gasteiger partial charge in [0.1, 0.15) is 5.69 Å². The Morgan fingerprint density at radius 1 is 1.48 bits per heavy atom. The van der Waals surface area contributed by atoms with E-state index in [1.807, 2.05) is 0 Å². The number of rotatable bonds is 5. The molecule has 5 N–H and O–H groups in total. The molecule has 2 heterocycles. The molecule has 2 aromatic heterocycles. The number of carbonyl (C=O) groups is 2. The van der Waals surface area contributed by atoms with Crippen LogP contribution in [0.1, 0.15) is 17.3 Å². The molecule has 0 fully saturated rings. The highest BCUT2D eigenvalue weighted by Gasteiger charge is 2.24. The van der Waals surface area contributed by atoms with Gasteiger partial charge in [-0.25, -0.2) is 9.59 Å². The van der Waals surface area contributed by atoms with Crippen molar-refractivity contribution in [2.45, 2.75) is 6.92 Å². The van der Waals surface area contributed by atoms with Gasteiger partial charge in [0.2, 0.25) is 5.88 Å². The monoisotopic (exact) mass is 291 g/mol. The molecule has 0 aliphatic rings. The first-order chi connectivity index (χ1) is 10.0. The van der Waals surface area contributed by atoms with Crippen LogP contribution in [0.2, 0.25) is 0 Å². The third-order valence-electron chi connectivity index (χ3n) is 2.51. The predicted octanol–water partition coefficient (Wildman–Crippen LogP) is 1.36. The molecule has 0 radical (unpaired) electrons. The minimum atomic E-state index is -1.20. The van der Waals surface area contributed by atoms with Crippen molar-refractivity contribution in [2.75, 3.05) is 17.2 Å². The number of urea groups is 1. The molecule has 2 amide bonds. The number of aromatic carboxylic acids is 1. The molecule has 0 aliphatic heterocycles. The number of amides is 2. The lowest BCUT2D eigenvalue weighted by molar-refractivity contribution is 0.0698. The number of hydrogen-bond donors (Lipinski definition) is 4. The summed E-state index contributed by atoms with van der Waals surface area (Å²) >= 11 is 0. The average Bonchev–Trinajstić information content (AvgIpc) is 2.82. The van der Waals surface area contributed by atoms with Gasteiger partial charge in [-0.1, -0.05) is 5.16 Å². The minimum absolute atomic E-state index is 0.0510. The second kappa shape index (κ2) is 5.90. The molecule has 0 spiro atoms. The smallest absolute Gasteiger partial charge is 0.343 e. The lowest BCUT2D eigenvalue weighted by Gasteiger charge is -2.03. The molecule has 0 bridgehead atoms. The summed E-state index contributed by atoms with van der Waals surface area (Å²) in [5, 5.41) is 18.1. The molecule has 9 nitrogen and oxygen atoms in total. The van der Waals surface area contributed by atoms with Gasteiger partial charge in [0.25, 0.3) is 0 Å². The van der Waals surface area contributed by atoms with E-state index in [0.717, 1.165) is 0 Å². The van der Waals surface area contributed by atoms with E-state index in [9.17, 15) is 14.7 Å². The Balaban J connectivity index is 2.46. The number of primary amides is 1. The van der Waals surface area contributed by atoms with Crippen LogP contribution in [-0.4, -0.2) is 33.8 Å². The summed E-state index contributed by atoms with van der Waals surface area (Å²) in [7, 11) is 0. The quantitative estimate of drug-likeness (QED) is 0.651. The molecule has 2 rings (SSSR count). The van der Waals surface area contributed by atoms with Crippen LogP contribution in [0.3, 0.4) is 0 Å². The molecule has 2 aromatic rings. The van der Waals surface area contributed by atoms with Gasteiger partial charge in [0, 0.05) is 18.4 Å². The van der Waals surface area contributed by atoms with E-state index < -0.39 is 12.0 Å². The number of carboxylic acids is 1. The standard InChI is InChI=1S/C12H13N5O4/c1-2-14-10-8(11(18)19)9(17-21-10)7-5-6(3-4-15-7)16-12(13)20/h3-5,14H,2H2,1H3,(H,18,19)(H3,13,15,16,20).